The van der Waals surface area contributed by atoms with Gasteiger partial charge in [0, 0.05) is 19.4 Å². The van der Waals surface area contributed by atoms with Crippen molar-refractivity contribution in [3.63, 3.8) is 0 Å². The number of carbonyl (C=O) groups is 1. The number of rotatable bonds is 6. The molecule has 0 saturated carbocycles. The van der Waals surface area contributed by atoms with Crippen molar-refractivity contribution in [2.45, 2.75) is 32.7 Å². The monoisotopic (exact) mass is 374 g/mol. The van der Waals surface area contributed by atoms with Crippen LogP contribution in [0.25, 0.3) is 10.9 Å². The number of carbonyl (C=O) groups excluding carboxylic acids is 1. The van der Waals surface area contributed by atoms with Crippen molar-refractivity contribution in [2.24, 2.45) is 0 Å². The van der Waals surface area contributed by atoms with E-state index in [0.717, 1.165) is 5.56 Å². The van der Waals surface area contributed by atoms with E-state index >= 15 is 0 Å². The van der Waals surface area contributed by atoms with Gasteiger partial charge < -0.3 is 9.88 Å². The Bertz CT molecular complexity index is 1080. The van der Waals surface area contributed by atoms with Crippen LogP contribution in [-0.4, -0.2) is 27.3 Å². The van der Waals surface area contributed by atoms with Crippen molar-refractivity contribution in [3.05, 3.63) is 75.8 Å². The van der Waals surface area contributed by atoms with Gasteiger partial charge in [-0.1, -0.05) is 24.3 Å². The fourth-order valence-electron chi connectivity index (χ4n) is 3.30. The van der Waals surface area contributed by atoms with Gasteiger partial charge in [-0.05, 0) is 43.7 Å². The van der Waals surface area contributed by atoms with E-state index in [1.54, 1.807) is 35.2 Å². The Morgan fingerprint density at radius 3 is 2.61 bits per heavy atom. The molecule has 1 unspecified atom stereocenters. The standard InChI is InChI=1S/C22H22N4O2/c1-3-26(15(2)17-10-8-16(14-23)9-11-17)21(27)13-12-20-24-19-7-5-4-6-18(19)22(28)25-20/h4-11,15H,3,12-13H2,1-2H3,(H,24,25,28). The normalized spacial score (nSPS) is 11.8. The summed E-state index contributed by atoms with van der Waals surface area (Å²) in [6.07, 6.45) is 0.630. The molecule has 0 aliphatic heterocycles. The van der Waals surface area contributed by atoms with Gasteiger partial charge in [0.15, 0.2) is 0 Å². The molecule has 3 aromatic rings. The molecule has 1 aromatic heterocycles. The lowest BCUT2D eigenvalue weighted by Crippen LogP contribution is -2.33. The highest BCUT2D eigenvalue weighted by atomic mass is 16.2. The Morgan fingerprint density at radius 1 is 1.21 bits per heavy atom. The molecule has 6 heteroatoms. The lowest BCUT2D eigenvalue weighted by Gasteiger charge is -2.28. The van der Waals surface area contributed by atoms with E-state index in [4.69, 9.17) is 5.26 Å². The van der Waals surface area contributed by atoms with Gasteiger partial charge >= 0.3 is 0 Å². The van der Waals surface area contributed by atoms with Crippen molar-refractivity contribution < 1.29 is 4.79 Å². The van der Waals surface area contributed by atoms with Crippen LogP contribution in [0.15, 0.2) is 53.3 Å². The van der Waals surface area contributed by atoms with Crippen LogP contribution in [0.2, 0.25) is 0 Å². The van der Waals surface area contributed by atoms with E-state index in [1.165, 1.54) is 0 Å². The zero-order chi connectivity index (χ0) is 20.1. The number of aromatic nitrogens is 2. The van der Waals surface area contributed by atoms with Crippen LogP contribution in [0.4, 0.5) is 0 Å². The van der Waals surface area contributed by atoms with Crippen molar-refractivity contribution in [3.8, 4) is 6.07 Å². The van der Waals surface area contributed by atoms with Gasteiger partial charge in [0.1, 0.15) is 5.82 Å². The molecule has 2 aromatic carbocycles. The number of benzene rings is 2. The molecule has 0 radical (unpaired) electrons. The predicted octanol–water partition coefficient (Wildman–Crippen LogP) is 3.34. The highest BCUT2D eigenvalue weighted by Gasteiger charge is 2.20. The Hall–Kier alpha value is -3.46. The van der Waals surface area contributed by atoms with Gasteiger partial charge in [-0.25, -0.2) is 4.98 Å². The molecular weight excluding hydrogens is 352 g/mol. The quantitative estimate of drug-likeness (QED) is 0.716. The second-order valence-corrected chi connectivity index (χ2v) is 6.62. The first-order chi connectivity index (χ1) is 13.5. The summed E-state index contributed by atoms with van der Waals surface area (Å²) in [5, 5.41) is 9.47. The minimum Gasteiger partial charge on any atom is -0.336 e. The zero-order valence-electron chi connectivity index (χ0n) is 16.0. The van der Waals surface area contributed by atoms with Gasteiger partial charge in [0.2, 0.25) is 5.91 Å². The minimum absolute atomic E-state index is 0.00447. The second-order valence-electron chi connectivity index (χ2n) is 6.62. The summed E-state index contributed by atoms with van der Waals surface area (Å²) in [6.45, 7) is 4.48. The Labute approximate surface area is 163 Å². The third kappa shape index (κ3) is 4.09. The predicted molar refractivity (Wildman–Crippen MR) is 108 cm³/mol. The minimum atomic E-state index is -0.189. The number of hydrogen-bond acceptors (Lipinski definition) is 4. The third-order valence-electron chi connectivity index (χ3n) is 4.89. The van der Waals surface area contributed by atoms with Crippen LogP contribution >= 0.6 is 0 Å². The highest BCUT2D eigenvalue weighted by Crippen LogP contribution is 2.21. The molecule has 6 nitrogen and oxygen atoms in total. The topological polar surface area (TPSA) is 89.8 Å². The summed E-state index contributed by atoms with van der Waals surface area (Å²) in [6, 6.07) is 16.4. The Morgan fingerprint density at radius 2 is 1.93 bits per heavy atom. The van der Waals surface area contributed by atoms with Crippen molar-refractivity contribution in [2.75, 3.05) is 6.54 Å². The summed E-state index contributed by atoms with van der Waals surface area (Å²) in [5.41, 5.74) is 2.02. The maximum absolute atomic E-state index is 12.8. The third-order valence-corrected chi connectivity index (χ3v) is 4.89. The first kappa shape index (κ1) is 19.3. The molecule has 1 amide bonds. The molecule has 0 aliphatic rings. The van der Waals surface area contributed by atoms with E-state index in [-0.39, 0.29) is 23.9 Å². The first-order valence-electron chi connectivity index (χ1n) is 9.31. The van der Waals surface area contributed by atoms with Gasteiger partial charge in [0.25, 0.3) is 5.56 Å². The molecule has 1 atom stereocenters. The number of aromatic amines is 1. The SMILES string of the molecule is CCN(C(=O)CCc1nc2ccccc2c(=O)[nH]1)C(C)c1ccc(C#N)cc1. The summed E-state index contributed by atoms with van der Waals surface area (Å²) in [7, 11) is 0. The molecular formula is C22H22N4O2. The molecule has 28 heavy (non-hydrogen) atoms. The first-order valence-corrected chi connectivity index (χ1v) is 9.31. The maximum Gasteiger partial charge on any atom is 0.258 e. The molecule has 0 fully saturated rings. The Kier molecular flexibility index (Phi) is 5.85. The van der Waals surface area contributed by atoms with Crippen molar-refractivity contribution >= 4 is 16.8 Å². The largest absolute Gasteiger partial charge is 0.336 e. The number of fused-ring (bicyclic) bond motifs is 1. The average molecular weight is 374 g/mol. The van der Waals surface area contributed by atoms with Crippen LogP contribution < -0.4 is 5.56 Å². The zero-order valence-corrected chi connectivity index (χ0v) is 16.0. The molecule has 142 valence electrons. The van der Waals surface area contributed by atoms with E-state index in [1.807, 2.05) is 32.0 Å². The average Bonchev–Trinajstić information content (AvgIpc) is 2.73. The molecule has 1 N–H and O–H groups in total. The van der Waals surface area contributed by atoms with Crippen LogP contribution in [-0.2, 0) is 11.2 Å². The lowest BCUT2D eigenvalue weighted by atomic mass is 10.0. The smallest absolute Gasteiger partial charge is 0.258 e. The molecule has 0 bridgehead atoms. The number of H-pyrrole nitrogens is 1. The molecule has 0 saturated heterocycles. The molecule has 0 spiro atoms. The molecule has 3 rings (SSSR count). The number of nitrogens with zero attached hydrogens (tertiary/aromatic N) is 3. The number of nitrogens with one attached hydrogen (secondary N) is 1. The van der Waals surface area contributed by atoms with Crippen molar-refractivity contribution in [1.82, 2.24) is 14.9 Å². The fourth-order valence-corrected chi connectivity index (χ4v) is 3.30. The van der Waals surface area contributed by atoms with Crippen LogP contribution in [0, 0.1) is 11.3 Å². The summed E-state index contributed by atoms with van der Waals surface area (Å²) < 4.78 is 0. The van der Waals surface area contributed by atoms with E-state index < -0.39 is 0 Å². The van der Waals surface area contributed by atoms with Crippen LogP contribution in [0.1, 0.15) is 43.3 Å². The summed E-state index contributed by atoms with van der Waals surface area (Å²) in [5.74, 6) is 0.509. The highest BCUT2D eigenvalue weighted by molar-refractivity contribution is 5.78. The number of nitriles is 1. The van der Waals surface area contributed by atoms with Gasteiger partial charge in [-0.2, -0.15) is 5.26 Å². The van der Waals surface area contributed by atoms with Crippen LogP contribution in [0.3, 0.4) is 0 Å². The van der Waals surface area contributed by atoms with Gasteiger partial charge in [0.05, 0.1) is 28.6 Å². The van der Waals surface area contributed by atoms with Crippen molar-refractivity contribution in [1.29, 1.82) is 5.26 Å². The Balaban J connectivity index is 1.71. The molecule has 1 heterocycles. The van der Waals surface area contributed by atoms with Gasteiger partial charge in [-0.3, -0.25) is 9.59 Å². The number of aryl methyl sites for hydroxylation is 1. The summed E-state index contributed by atoms with van der Waals surface area (Å²) >= 11 is 0. The second kappa shape index (κ2) is 8.49. The lowest BCUT2D eigenvalue weighted by molar-refractivity contribution is -0.133. The fraction of sp³-hybridized carbons (Fsp3) is 0.273. The summed E-state index contributed by atoms with van der Waals surface area (Å²) in [4.78, 5) is 34.0. The van der Waals surface area contributed by atoms with Gasteiger partial charge in [-0.15, -0.1) is 0 Å². The molecule has 0 aliphatic carbocycles. The van der Waals surface area contributed by atoms with E-state index in [0.29, 0.717) is 35.3 Å². The number of para-hydroxylation sites is 1. The number of amides is 1. The van der Waals surface area contributed by atoms with E-state index in [2.05, 4.69) is 16.0 Å². The van der Waals surface area contributed by atoms with E-state index in [9.17, 15) is 9.59 Å². The van der Waals surface area contributed by atoms with Crippen LogP contribution in [0.5, 0.6) is 0 Å². The number of hydrogen-bond donors (Lipinski definition) is 1. The maximum atomic E-state index is 12.8.